The summed E-state index contributed by atoms with van der Waals surface area (Å²) in [6.07, 6.45) is 0.258. The molecule has 3 aromatic carbocycles. The Kier molecular flexibility index (Phi) is 3.30. The Morgan fingerprint density at radius 3 is 2.30 bits per heavy atom. The zero-order valence-electron chi connectivity index (χ0n) is 13.5. The molecule has 114 valence electrons. The summed E-state index contributed by atoms with van der Waals surface area (Å²) < 4.78 is 0. The first-order valence-electron chi connectivity index (χ1n) is 8.05. The van der Waals surface area contributed by atoms with E-state index in [1.807, 2.05) is 0 Å². The molecule has 3 aromatic rings. The van der Waals surface area contributed by atoms with Crippen LogP contribution in [-0.2, 0) is 0 Å². The van der Waals surface area contributed by atoms with Crippen LogP contribution in [0.25, 0.3) is 11.1 Å². The highest BCUT2D eigenvalue weighted by molar-refractivity contribution is 5.84. The SMILES string of the molecule is Cc1cc(-c2ccccc2)ccc1N1c2ccccc2N[C@@H]1C. The number of benzene rings is 3. The molecule has 0 amide bonds. The van der Waals surface area contributed by atoms with Crippen molar-refractivity contribution in [2.24, 2.45) is 0 Å². The largest absolute Gasteiger partial charge is 0.363 e. The van der Waals surface area contributed by atoms with Gasteiger partial charge in [-0.1, -0.05) is 48.5 Å². The summed E-state index contributed by atoms with van der Waals surface area (Å²) in [7, 11) is 0. The van der Waals surface area contributed by atoms with Crippen LogP contribution in [0.4, 0.5) is 17.1 Å². The minimum Gasteiger partial charge on any atom is -0.363 e. The van der Waals surface area contributed by atoms with Gasteiger partial charge in [0.15, 0.2) is 0 Å². The quantitative estimate of drug-likeness (QED) is 0.665. The normalized spacial score (nSPS) is 16.1. The summed E-state index contributed by atoms with van der Waals surface area (Å²) in [5.74, 6) is 0. The highest BCUT2D eigenvalue weighted by atomic mass is 15.3. The zero-order valence-corrected chi connectivity index (χ0v) is 13.5. The molecule has 0 aliphatic carbocycles. The molecule has 2 nitrogen and oxygen atoms in total. The van der Waals surface area contributed by atoms with E-state index in [0.29, 0.717) is 0 Å². The molecule has 0 saturated carbocycles. The summed E-state index contributed by atoms with van der Waals surface area (Å²) in [6.45, 7) is 4.39. The summed E-state index contributed by atoms with van der Waals surface area (Å²) >= 11 is 0. The van der Waals surface area contributed by atoms with Crippen molar-refractivity contribution in [3.05, 3.63) is 78.4 Å². The summed E-state index contributed by atoms with van der Waals surface area (Å²) in [4.78, 5) is 2.37. The van der Waals surface area contributed by atoms with Gasteiger partial charge >= 0.3 is 0 Å². The first-order valence-corrected chi connectivity index (χ1v) is 8.05. The standard InChI is InChI=1S/C21H20N2/c1-15-14-18(17-8-4-3-5-9-17)12-13-20(15)23-16(2)22-19-10-6-7-11-21(19)23/h3-14,16,22H,1-2H3/t16-/m0/s1. The number of aryl methyl sites for hydroxylation is 1. The van der Waals surface area contributed by atoms with Gasteiger partial charge < -0.3 is 10.2 Å². The maximum atomic E-state index is 3.55. The third kappa shape index (κ3) is 2.36. The van der Waals surface area contributed by atoms with Crippen molar-refractivity contribution in [2.75, 3.05) is 10.2 Å². The number of para-hydroxylation sites is 2. The average molecular weight is 300 g/mol. The van der Waals surface area contributed by atoms with Gasteiger partial charge in [0, 0.05) is 5.69 Å². The number of fused-ring (bicyclic) bond motifs is 1. The molecule has 23 heavy (non-hydrogen) atoms. The van der Waals surface area contributed by atoms with Crippen molar-refractivity contribution >= 4 is 17.1 Å². The van der Waals surface area contributed by atoms with Gasteiger partial charge in [-0.25, -0.2) is 0 Å². The molecule has 1 aliphatic rings. The van der Waals surface area contributed by atoms with E-state index in [-0.39, 0.29) is 6.17 Å². The van der Waals surface area contributed by atoms with Crippen molar-refractivity contribution in [1.29, 1.82) is 0 Å². The Hall–Kier alpha value is -2.74. The number of nitrogens with zero attached hydrogens (tertiary/aromatic N) is 1. The molecule has 0 fully saturated rings. The second kappa shape index (κ2) is 5.47. The topological polar surface area (TPSA) is 15.3 Å². The third-order valence-electron chi connectivity index (χ3n) is 4.48. The molecule has 0 unspecified atom stereocenters. The van der Waals surface area contributed by atoms with E-state index in [9.17, 15) is 0 Å². The molecular formula is C21H20N2. The highest BCUT2D eigenvalue weighted by Gasteiger charge is 2.27. The molecule has 1 N–H and O–H groups in total. The number of hydrogen-bond acceptors (Lipinski definition) is 2. The lowest BCUT2D eigenvalue weighted by atomic mass is 10.0. The van der Waals surface area contributed by atoms with Gasteiger partial charge in [0.25, 0.3) is 0 Å². The van der Waals surface area contributed by atoms with Crippen LogP contribution in [0.1, 0.15) is 12.5 Å². The fraction of sp³-hybridized carbons (Fsp3) is 0.143. The molecular weight excluding hydrogens is 280 g/mol. The fourth-order valence-corrected chi connectivity index (χ4v) is 3.38. The Balaban J connectivity index is 1.76. The van der Waals surface area contributed by atoms with Gasteiger partial charge in [0.2, 0.25) is 0 Å². The van der Waals surface area contributed by atoms with Gasteiger partial charge in [-0.3, -0.25) is 0 Å². The van der Waals surface area contributed by atoms with Crippen LogP contribution in [0.5, 0.6) is 0 Å². The lowest BCUT2D eigenvalue weighted by molar-refractivity contribution is 0.840. The summed E-state index contributed by atoms with van der Waals surface area (Å²) in [5.41, 5.74) is 7.52. The van der Waals surface area contributed by atoms with Gasteiger partial charge in [0.05, 0.1) is 11.4 Å². The Bertz CT molecular complexity index is 839. The maximum absolute atomic E-state index is 3.55. The van der Waals surface area contributed by atoms with E-state index in [1.54, 1.807) is 0 Å². The molecule has 0 aromatic heterocycles. The molecule has 0 radical (unpaired) electrons. The van der Waals surface area contributed by atoms with Crippen LogP contribution in [0.2, 0.25) is 0 Å². The molecule has 2 heteroatoms. The minimum absolute atomic E-state index is 0.258. The second-order valence-electron chi connectivity index (χ2n) is 6.07. The molecule has 1 atom stereocenters. The molecule has 0 saturated heterocycles. The van der Waals surface area contributed by atoms with E-state index in [1.165, 1.54) is 33.8 Å². The van der Waals surface area contributed by atoms with Crippen LogP contribution >= 0.6 is 0 Å². The van der Waals surface area contributed by atoms with E-state index in [0.717, 1.165) is 0 Å². The van der Waals surface area contributed by atoms with Crippen LogP contribution in [0.3, 0.4) is 0 Å². The zero-order chi connectivity index (χ0) is 15.8. The first kappa shape index (κ1) is 13.9. The monoisotopic (exact) mass is 300 g/mol. The third-order valence-corrected chi connectivity index (χ3v) is 4.48. The lowest BCUT2D eigenvalue weighted by Crippen LogP contribution is -2.28. The number of hydrogen-bond donors (Lipinski definition) is 1. The van der Waals surface area contributed by atoms with Crippen molar-refractivity contribution in [2.45, 2.75) is 20.0 Å². The molecule has 0 bridgehead atoms. The lowest BCUT2D eigenvalue weighted by Gasteiger charge is -2.26. The van der Waals surface area contributed by atoms with Crippen molar-refractivity contribution < 1.29 is 0 Å². The molecule has 0 spiro atoms. The molecule has 1 heterocycles. The van der Waals surface area contributed by atoms with Crippen LogP contribution in [0, 0.1) is 6.92 Å². The van der Waals surface area contributed by atoms with E-state index < -0.39 is 0 Å². The Labute approximate surface area is 137 Å². The molecule has 4 rings (SSSR count). The summed E-state index contributed by atoms with van der Waals surface area (Å²) in [5, 5.41) is 3.55. The number of rotatable bonds is 2. The maximum Gasteiger partial charge on any atom is 0.101 e. The van der Waals surface area contributed by atoms with Gasteiger partial charge in [-0.05, 0) is 54.8 Å². The predicted octanol–water partition coefficient (Wildman–Crippen LogP) is 5.57. The van der Waals surface area contributed by atoms with Crippen molar-refractivity contribution in [1.82, 2.24) is 0 Å². The first-order chi connectivity index (χ1) is 11.2. The Morgan fingerprint density at radius 2 is 1.52 bits per heavy atom. The van der Waals surface area contributed by atoms with Gasteiger partial charge in [0.1, 0.15) is 6.17 Å². The number of nitrogens with one attached hydrogen (secondary N) is 1. The number of anilines is 3. The summed E-state index contributed by atoms with van der Waals surface area (Å²) in [6, 6.07) is 25.7. The van der Waals surface area contributed by atoms with Crippen molar-refractivity contribution in [3.8, 4) is 11.1 Å². The predicted molar refractivity (Wildman–Crippen MR) is 98.3 cm³/mol. The minimum atomic E-state index is 0.258. The van der Waals surface area contributed by atoms with E-state index in [4.69, 9.17) is 0 Å². The van der Waals surface area contributed by atoms with Crippen molar-refractivity contribution in [3.63, 3.8) is 0 Å². The Morgan fingerprint density at radius 1 is 0.783 bits per heavy atom. The van der Waals surface area contributed by atoms with E-state index >= 15 is 0 Å². The highest BCUT2D eigenvalue weighted by Crippen LogP contribution is 2.41. The van der Waals surface area contributed by atoms with Gasteiger partial charge in [-0.15, -0.1) is 0 Å². The van der Waals surface area contributed by atoms with Crippen LogP contribution in [-0.4, -0.2) is 6.17 Å². The second-order valence-corrected chi connectivity index (χ2v) is 6.07. The van der Waals surface area contributed by atoms with Gasteiger partial charge in [-0.2, -0.15) is 0 Å². The van der Waals surface area contributed by atoms with E-state index in [2.05, 4.69) is 96.9 Å². The fourth-order valence-electron chi connectivity index (χ4n) is 3.38. The van der Waals surface area contributed by atoms with Crippen LogP contribution < -0.4 is 10.2 Å². The smallest absolute Gasteiger partial charge is 0.101 e. The van der Waals surface area contributed by atoms with Crippen LogP contribution in [0.15, 0.2) is 72.8 Å². The molecule has 1 aliphatic heterocycles. The average Bonchev–Trinajstić information content (AvgIpc) is 2.91.